The van der Waals surface area contributed by atoms with Gasteiger partial charge in [0.25, 0.3) is 0 Å². The van der Waals surface area contributed by atoms with Gasteiger partial charge in [0, 0.05) is 41.3 Å². The van der Waals surface area contributed by atoms with Gasteiger partial charge in [0.2, 0.25) is 5.91 Å². The smallest absolute Gasteiger partial charge is 0.402 e. The molecule has 186 valence electrons. The van der Waals surface area contributed by atoms with E-state index in [9.17, 15) is 18.7 Å². The number of carbonyl (C=O) groups excluding carboxylic acids is 1. The minimum atomic E-state index is -3.24. The summed E-state index contributed by atoms with van der Waals surface area (Å²) in [6, 6.07) is 9.79. The van der Waals surface area contributed by atoms with Crippen LogP contribution in [0.3, 0.4) is 0 Å². The summed E-state index contributed by atoms with van der Waals surface area (Å²) >= 11 is 0. The number of carbonyl (C=O) groups is 1. The summed E-state index contributed by atoms with van der Waals surface area (Å²) in [5, 5.41) is 12.9. The van der Waals surface area contributed by atoms with Gasteiger partial charge in [-0.05, 0) is 43.0 Å². The maximum atomic E-state index is 15.2. The first-order chi connectivity index (χ1) is 16.4. The van der Waals surface area contributed by atoms with Crippen molar-refractivity contribution in [3.8, 4) is 5.75 Å². The zero-order chi connectivity index (χ0) is 25.2. The predicted octanol–water partition coefficient (Wildman–Crippen LogP) is 5.66. The lowest BCUT2D eigenvalue weighted by Crippen LogP contribution is -2.28. The fraction of sp³-hybridized carbons (Fsp3) is 0.444. The molecule has 1 aliphatic carbocycles. The molecule has 2 N–H and O–H groups in total. The number of amides is 1. The molecule has 0 spiro atoms. The summed E-state index contributed by atoms with van der Waals surface area (Å²) in [6.45, 7) is 6.81. The minimum absolute atomic E-state index is 0.0361. The van der Waals surface area contributed by atoms with E-state index >= 15 is 4.39 Å². The lowest BCUT2D eigenvalue weighted by Gasteiger charge is -2.22. The molecule has 5 rings (SSSR count). The molecule has 2 heterocycles. The number of aryl methyl sites for hydroxylation is 1. The van der Waals surface area contributed by atoms with Crippen molar-refractivity contribution in [3.63, 3.8) is 0 Å². The first kappa shape index (κ1) is 23.7. The van der Waals surface area contributed by atoms with Gasteiger partial charge in [-0.15, -0.1) is 0 Å². The highest BCUT2D eigenvalue weighted by atomic mass is 19.3. The number of halogens is 3. The van der Waals surface area contributed by atoms with Crippen LogP contribution in [0.1, 0.15) is 56.9 Å². The SMILES string of the molecule is CC(C)(C)c1cc2cc(NC(=O)C3(c4ccc5c(c4)CC(F)(F)O5)CC3)c(F)cc2n1CCCO. The van der Waals surface area contributed by atoms with Crippen molar-refractivity contribution < 1.29 is 27.8 Å². The van der Waals surface area contributed by atoms with Gasteiger partial charge in [0.15, 0.2) is 0 Å². The summed E-state index contributed by atoms with van der Waals surface area (Å²) < 4.78 is 49.1. The number of aliphatic hydroxyl groups is 1. The number of ether oxygens (including phenoxy) is 1. The normalized spacial score (nSPS) is 17.8. The summed E-state index contributed by atoms with van der Waals surface area (Å²) in [6.07, 6.45) is -2.09. The van der Waals surface area contributed by atoms with Crippen LogP contribution in [0.5, 0.6) is 5.75 Å². The third-order valence-electron chi connectivity index (χ3n) is 7.00. The van der Waals surface area contributed by atoms with Crippen molar-refractivity contribution in [2.45, 2.75) is 69.9 Å². The van der Waals surface area contributed by atoms with Crippen LogP contribution in [0.15, 0.2) is 36.4 Å². The van der Waals surface area contributed by atoms with E-state index < -0.39 is 23.8 Å². The van der Waals surface area contributed by atoms with Gasteiger partial charge >= 0.3 is 6.11 Å². The second-order valence-electron chi connectivity index (χ2n) is 10.7. The van der Waals surface area contributed by atoms with Crippen LogP contribution in [0.25, 0.3) is 10.9 Å². The van der Waals surface area contributed by atoms with Gasteiger partial charge in [-0.2, -0.15) is 8.78 Å². The zero-order valence-corrected chi connectivity index (χ0v) is 20.1. The van der Waals surface area contributed by atoms with E-state index in [-0.39, 0.29) is 29.4 Å². The third-order valence-corrected chi connectivity index (χ3v) is 7.00. The van der Waals surface area contributed by atoms with Crippen LogP contribution >= 0.6 is 0 Å². The van der Waals surface area contributed by atoms with Crippen LogP contribution in [0, 0.1) is 5.82 Å². The lowest BCUT2D eigenvalue weighted by atomic mass is 9.92. The Morgan fingerprint density at radius 3 is 2.57 bits per heavy atom. The average molecular weight is 487 g/mol. The van der Waals surface area contributed by atoms with Gasteiger partial charge < -0.3 is 19.7 Å². The fourth-order valence-electron chi connectivity index (χ4n) is 5.02. The van der Waals surface area contributed by atoms with Gasteiger partial charge in [-0.25, -0.2) is 4.39 Å². The van der Waals surface area contributed by atoms with E-state index in [1.807, 2.05) is 10.6 Å². The Morgan fingerprint density at radius 1 is 1.17 bits per heavy atom. The molecule has 8 heteroatoms. The molecule has 0 saturated heterocycles. The number of benzene rings is 2. The second kappa shape index (κ2) is 8.01. The van der Waals surface area contributed by atoms with E-state index in [1.54, 1.807) is 18.2 Å². The molecule has 35 heavy (non-hydrogen) atoms. The Balaban J connectivity index is 1.45. The first-order valence-electron chi connectivity index (χ1n) is 11.9. The third kappa shape index (κ3) is 4.18. The Hall–Kier alpha value is -3.00. The molecule has 0 unspecified atom stereocenters. The number of nitrogens with zero attached hydrogens (tertiary/aromatic N) is 1. The standard InChI is InChI=1S/C27H29F3N2O3/c1-25(2,3)23-13-16-12-20(19(28)14-21(16)32(23)9-4-10-33)31-24(34)26(7-8-26)18-5-6-22-17(11-18)15-27(29,30)35-22/h5-6,11-14,33H,4,7-10,15H2,1-3H3,(H,31,34). The molecule has 0 radical (unpaired) electrons. The molecular formula is C27H29F3N2O3. The maximum Gasteiger partial charge on any atom is 0.402 e. The number of alkyl halides is 2. The largest absolute Gasteiger partial charge is 0.432 e. The number of anilines is 1. The molecule has 0 atom stereocenters. The second-order valence-corrected chi connectivity index (χ2v) is 10.7. The highest BCUT2D eigenvalue weighted by Gasteiger charge is 2.52. The number of fused-ring (bicyclic) bond motifs is 2. The lowest BCUT2D eigenvalue weighted by molar-refractivity contribution is -0.159. The Kier molecular flexibility index (Phi) is 5.43. The summed E-state index contributed by atoms with van der Waals surface area (Å²) in [5.41, 5.74) is 1.77. The molecule has 2 aliphatic rings. The Morgan fingerprint density at radius 2 is 1.91 bits per heavy atom. The molecule has 1 fully saturated rings. The monoisotopic (exact) mass is 486 g/mol. The van der Waals surface area contributed by atoms with Crippen molar-refractivity contribution in [2.75, 3.05) is 11.9 Å². The van der Waals surface area contributed by atoms with E-state index in [4.69, 9.17) is 0 Å². The molecule has 3 aromatic rings. The molecule has 1 saturated carbocycles. The minimum Gasteiger partial charge on any atom is -0.432 e. The van der Waals surface area contributed by atoms with Crippen LogP contribution < -0.4 is 10.1 Å². The molecule has 0 bridgehead atoms. The van der Waals surface area contributed by atoms with Crippen LogP contribution in [0.4, 0.5) is 18.9 Å². The maximum absolute atomic E-state index is 15.2. The molecule has 1 aromatic heterocycles. The molecule has 5 nitrogen and oxygen atoms in total. The number of aromatic nitrogens is 1. The number of aliphatic hydroxyl groups excluding tert-OH is 1. The van der Waals surface area contributed by atoms with Gasteiger partial charge in [0.05, 0.1) is 23.0 Å². The van der Waals surface area contributed by atoms with Gasteiger partial charge in [-0.3, -0.25) is 4.79 Å². The number of hydrogen-bond donors (Lipinski definition) is 2. The average Bonchev–Trinajstić information content (AvgIpc) is 3.41. The van der Waals surface area contributed by atoms with E-state index in [0.717, 1.165) is 11.1 Å². The van der Waals surface area contributed by atoms with Crippen molar-refractivity contribution in [3.05, 3.63) is 59.0 Å². The summed E-state index contributed by atoms with van der Waals surface area (Å²) in [7, 11) is 0. The molecule has 1 aliphatic heterocycles. The Bertz CT molecular complexity index is 1320. The molecular weight excluding hydrogens is 457 g/mol. The van der Waals surface area contributed by atoms with Crippen molar-refractivity contribution in [2.24, 2.45) is 0 Å². The van der Waals surface area contributed by atoms with Crippen molar-refractivity contribution in [1.29, 1.82) is 0 Å². The van der Waals surface area contributed by atoms with E-state index in [2.05, 4.69) is 30.8 Å². The first-order valence-corrected chi connectivity index (χ1v) is 11.9. The van der Waals surface area contributed by atoms with Crippen molar-refractivity contribution in [1.82, 2.24) is 4.57 Å². The Labute approximate surface area is 201 Å². The quantitative estimate of drug-likeness (QED) is 0.473. The zero-order valence-electron chi connectivity index (χ0n) is 20.1. The summed E-state index contributed by atoms with van der Waals surface area (Å²) in [4.78, 5) is 13.3. The highest BCUT2D eigenvalue weighted by Crippen LogP contribution is 2.51. The molecule has 2 aromatic carbocycles. The fourth-order valence-corrected chi connectivity index (χ4v) is 5.02. The number of nitrogens with one attached hydrogen (secondary N) is 1. The number of rotatable bonds is 6. The van der Waals surface area contributed by atoms with E-state index in [0.29, 0.717) is 42.5 Å². The predicted molar refractivity (Wildman–Crippen MR) is 128 cm³/mol. The molecule has 1 amide bonds. The summed E-state index contributed by atoms with van der Waals surface area (Å²) in [5.74, 6) is -0.767. The topological polar surface area (TPSA) is 63.5 Å². The van der Waals surface area contributed by atoms with Crippen LogP contribution in [-0.2, 0) is 28.6 Å². The van der Waals surface area contributed by atoms with Gasteiger partial charge in [0.1, 0.15) is 11.6 Å². The number of hydrogen-bond acceptors (Lipinski definition) is 3. The van der Waals surface area contributed by atoms with Crippen LogP contribution in [-0.4, -0.2) is 28.3 Å². The van der Waals surface area contributed by atoms with Crippen LogP contribution in [0.2, 0.25) is 0 Å². The van der Waals surface area contributed by atoms with Gasteiger partial charge in [-0.1, -0.05) is 32.9 Å². The highest BCUT2D eigenvalue weighted by molar-refractivity contribution is 6.02. The van der Waals surface area contributed by atoms with E-state index in [1.165, 1.54) is 12.1 Å². The van der Waals surface area contributed by atoms with Crippen molar-refractivity contribution >= 4 is 22.5 Å².